The maximum Gasteiger partial charge on any atom is 0.257 e. The van der Waals surface area contributed by atoms with Crippen molar-refractivity contribution < 1.29 is 14.3 Å². The van der Waals surface area contributed by atoms with Crippen molar-refractivity contribution in [3.63, 3.8) is 0 Å². The van der Waals surface area contributed by atoms with Gasteiger partial charge in [0, 0.05) is 32.0 Å². The molecule has 2 aliphatic heterocycles. The van der Waals surface area contributed by atoms with Crippen molar-refractivity contribution in [3.05, 3.63) is 12.4 Å². The molecule has 3 rings (SSSR count). The monoisotopic (exact) mass is 278 g/mol. The Morgan fingerprint density at radius 1 is 1.35 bits per heavy atom. The number of carbonyl (C=O) groups excluding carboxylic acids is 1. The van der Waals surface area contributed by atoms with Crippen LogP contribution in [0.5, 0.6) is 5.88 Å². The Kier molecular flexibility index (Phi) is 3.43. The van der Waals surface area contributed by atoms with Crippen molar-refractivity contribution in [2.45, 2.75) is 18.4 Å². The fraction of sp³-hybridized carbons (Fsp3) is 0.615. The predicted molar refractivity (Wildman–Crippen MR) is 71.7 cm³/mol. The first kappa shape index (κ1) is 13.1. The molecular formula is C13H18N4O3. The highest BCUT2D eigenvalue weighted by molar-refractivity contribution is 5.78. The van der Waals surface area contributed by atoms with Crippen molar-refractivity contribution in [3.8, 4) is 5.88 Å². The lowest BCUT2D eigenvalue weighted by atomic mass is 9.90. The van der Waals surface area contributed by atoms with Gasteiger partial charge in [0.25, 0.3) is 5.88 Å². The summed E-state index contributed by atoms with van der Waals surface area (Å²) in [5, 5.41) is 2.88. The van der Waals surface area contributed by atoms with Crippen LogP contribution in [0.4, 0.5) is 5.82 Å². The second-order valence-corrected chi connectivity index (χ2v) is 5.12. The van der Waals surface area contributed by atoms with Crippen molar-refractivity contribution in [1.29, 1.82) is 0 Å². The van der Waals surface area contributed by atoms with Crippen LogP contribution in [-0.4, -0.2) is 54.8 Å². The summed E-state index contributed by atoms with van der Waals surface area (Å²) in [5.74, 6) is 1.28. The van der Waals surface area contributed by atoms with Gasteiger partial charge in [-0.1, -0.05) is 0 Å². The molecule has 0 atom stereocenters. The van der Waals surface area contributed by atoms with E-state index in [4.69, 9.17) is 9.47 Å². The Hall–Kier alpha value is -1.89. The van der Waals surface area contributed by atoms with E-state index in [2.05, 4.69) is 20.2 Å². The lowest BCUT2D eigenvalue weighted by Crippen LogP contribution is -2.57. The highest BCUT2D eigenvalue weighted by Crippen LogP contribution is 2.32. The summed E-state index contributed by atoms with van der Waals surface area (Å²) in [6.07, 6.45) is 4.99. The fourth-order valence-electron chi connectivity index (χ4n) is 2.71. The van der Waals surface area contributed by atoms with Gasteiger partial charge < -0.3 is 19.7 Å². The third-order valence-electron chi connectivity index (χ3n) is 3.93. The molecule has 0 aliphatic carbocycles. The minimum atomic E-state index is -0.222. The summed E-state index contributed by atoms with van der Waals surface area (Å²) in [6, 6.07) is 0. The number of hydrogen-bond donors (Lipinski definition) is 1. The van der Waals surface area contributed by atoms with Crippen LogP contribution in [0.15, 0.2) is 12.4 Å². The molecule has 2 aliphatic rings. The van der Waals surface area contributed by atoms with E-state index in [1.165, 1.54) is 0 Å². The number of hydrogen-bond acceptors (Lipinski definition) is 6. The Morgan fingerprint density at radius 3 is 2.75 bits per heavy atom. The summed E-state index contributed by atoms with van der Waals surface area (Å²) in [6.45, 7) is 2.38. The van der Waals surface area contributed by atoms with Gasteiger partial charge in [-0.15, -0.1) is 0 Å². The van der Waals surface area contributed by atoms with Gasteiger partial charge in [-0.2, -0.15) is 0 Å². The number of methoxy groups -OCH3 is 1. The molecule has 108 valence electrons. The second-order valence-electron chi connectivity index (χ2n) is 5.12. The van der Waals surface area contributed by atoms with Crippen LogP contribution >= 0.6 is 0 Å². The van der Waals surface area contributed by atoms with Gasteiger partial charge >= 0.3 is 0 Å². The molecule has 0 aromatic carbocycles. The molecule has 1 amide bonds. The summed E-state index contributed by atoms with van der Waals surface area (Å²) in [7, 11) is 1.60. The number of anilines is 1. The number of aromatic nitrogens is 2. The smallest absolute Gasteiger partial charge is 0.257 e. The molecule has 7 heteroatoms. The van der Waals surface area contributed by atoms with Crippen LogP contribution < -0.4 is 15.0 Å². The molecule has 1 aromatic heterocycles. The van der Waals surface area contributed by atoms with E-state index in [9.17, 15) is 4.79 Å². The van der Waals surface area contributed by atoms with E-state index in [0.29, 0.717) is 12.4 Å². The average Bonchev–Trinajstić information content (AvgIpc) is 2.51. The topological polar surface area (TPSA) is 76.6 Å². The van der Waals surface area contributed by atoms with Crippen LogP contribution in [0.2, 0.25) is 0 Å². The standard InChI is InChI=1S/C13H18N4O3/c1-19-12-11(14-4-5-15-12)17-6-2-13(3-7-17)9-16-10(18)8-20-13/h4-5H,2-3,6-9H2,1H3,(H,16,18). The molecule has 2 saturated heterocycles. The van der Waals surface area contributed by atoms with Crippen LogP contribution in [0, 0.1) is 0 Å². The van der Waals surface area contributed by atoms with Gasteiger partial charge in [0.2, 0.25) is 5.91 Å². The van der Waals surface area contributed by atoms with Crippen LogP contribution in [0.1, 0.15) is 12.8 Å². The molecule has 1 spiro atoms. The Balaban J connectivity index is 1.68. The first-order valence-corrected chi connectivity index (χ1v) is 6.73. The summed E-state index contributed by atoms with van der Waals surface area (Å²) in [4.78, 5) is 21.8. The molecule has 20 heavy (non-hydrogen) atoms. The molecule has 3 heterocycles. The Morgan fingerprint density at radius 2 is 2.10 bits per heavy atom. The van der Waals surface area contributed by atoms with Crippen LogP contribution in [-0.2, 0) is 9.53 Å². The van der Waals surface area contributed by atoms with Crippen LogP contribution in [0.3, 0.4) is 0 Å². The van der Waals surface area contributed by atoms with E-state index in [1.54, 1.807) is 19.5 Å². The van der Waals surface area contributed by atoms with E-state index >= 15 is 0 Å². The summed E-state index contributed by atoms with van der Waals surface area (Å²) >= 11 is 0. The molecule has 0 saturated carbocycles. The number of amides is 1. The first-order valence-electron chi connectivity index (χ1n) is 6.73. The molecule has 2 fully saturated rings. The molecular weight excluding hydrogens is 260 g/mol. The highest BCUT2D eigenvalue weighted by atomic mass is 16.5. The largest absolute Gasteiger partial charge is 0.478 e. The van der Waals surface area contributed by atoms with Gasteiger partial charge in [-0.25, -0.2) is 9.97 Å². The lowest BCUT2D eigenvalue weighted by Gasteiger charge is -2.43. The van der Waals surface area contributed by atoms with Gasteiger partial charge in [0.05, 0.1) is 12.7 Å². The third-order valence-corrected chi connectivity index (χ3v) is 3.93. The van der Waals surface area contributed by atoms with E-state index in [0.717, 1.165) is 31.7 Å². The first-order chi connectivity index (χ1) is 9.72. The zero-order chi connectivity index (χ0) is 14.0. The van der Waals surface area contributed by atoms with Crippen LogP contribution in [0.25, 0.3) is 0 Å². The maximum atomic E-state index is 11.2. The minimum absolute atomic E-state index is 0.0337. The maximum absolute atomic E-state index is 11.2. The summed E-state index contributed by atoms with van der Waals surface area (Å²) in [5.41, 5.74) is -0.222. The Bertz CT molecular complexity index is 488. The van der Waals surface area contributed by atoms with E-state index < -0.39 is 0 Å². The van der Waals surface area contributed by atoms with Gasteiger partial charge in [-0.3, -0.25) is 4.79 Å². The number of piperidine rings is 1. The molecule has 1 aromatic rings. The number of morpholine rings is 1. The zero-order valence-electron chi connectivity index (χ0n) is 11.5. The SMILES string of the molecule is COc1nccnc1N1CCC2(CC1)CNC(=O)CO2. The minimum Gasteiger partial charge on any atom is -0.478 e. The average molecular weight is 278 g/mol. The normalized spacial score (nSPS) is 21.6. The second kappa shape index (κ2) is 5.24. The number of ether oxygens (including phenoxy) is 2. The quantitative estimate of drug-likeness (QED) is 0.818. The van der Waals surface area contributed by atoms with Crippen molar-refractivity contribution >= 4 is 11.7 Å². The van der Waals surface area contributed by atoms with Crippen molar-refractivity contribution in [2.75, 3.05) is 38.3 Å². The molecule has 0 unspecified atom stereocenters. The zero-order valence-corrected chi connectivity index (χ0v) is 11.5. The van der Waals surface area contributed by atoms with E-state index in [-0.39, 0.29) is 18.1 Å². The molecule has 1 N–H and O–H groups in total. The molecule has 7 nitrogen and oxygen atoms in total. The number of carbonyl (C=O) groups is 1. The number of nitrogens with one attached hydrogen (secondary N) is 1. The van der Waals surface area contributed by atoms with Crippen molar-refractivity contribution in [2.24, 2.45) is 0 Å². The predicted octanol–water partition coefficient (Wildman–Crippen LogP) is -0.0294. The van der Waals surface area contributed by atoms with Gasteiger partial charge in [-0.05, 0) is 12.8 Å². The molecule has 0 bridgehead atoms. The number of rotatable bonds is 2. The summed E-state index contributed by atoms with van der Waals surface area (Å²) < 4.78 is 11.0. The number of nitrogens with zero attached hydrogens (tertiary/aromatic N) is 3. The van der Waals surface area contributed by atoms with E-state index in [1.807, 2.05) is 0 Å². The highest BCUT2D eigenvalue weighted by Gasteiger charge is 2.39. The van der Waals surface area contributed by atoms with Gasteiger partial charge in [0.15, 0.2) is 5.82 Å². The lowest BCUT2D eigenvalue weighted by molar-refractivity contribution is -0.146. The molecule has 0 radical (unpaired) electrons. The van der Waals surface area contributed by atoms with Crippen molar-refractivity contribution in [1.82, 2.24) is 15.3 Å². The third kappa shape index (κ3) is 2.40. The Labute approximate surface area is 117 Å². The fourth-order valence-corrected chi connectivity index (χ4v) is 2.71. The van der Waals surface area contributed by atoms with Gasteiger partial charge in [0.1, 0.15) is 6.61 Å².